The van der Waals surface area contributed by atoms with Crippen molar-refractivity contribution in [2.45, 2.75) is 38.9 Å². The summed E-state index contributed by atoms with van der Waals surface area (Å²) in [6.45, 7) is 6.31. The number of carbonyl (C=O) groups is 2. The molecule has 2 aromatic carbocycles. The van der Waals surface area contributed by atoms with Crippen LogP contribution in [0.3, 0.4) is 0 Å². The Balaban J connectivity index is 2.00. The molecule has 0 aliphatic carbocycles. The fourth-order valence-electron chi connectivity index (χ4n) is 2.37. The van der Waals surface area contributed by atoms with Crippen LogP contribution in [0.2, 0.25) is 5.02 Å². The van der Waals surface area contributed by atoms with Crippen LogP contribution >= 0.6 is 11.6 Å². The minimum Gasteiger partial charge on any atom is -0.348 e. The Labute approximate surface area is 166 Å². The lowest BCUT2D eigenvalue weighted by molar-refractivity contribution is -0.167. The average molecular weight is 413 g/mol. The average Bonchev–Trinajstić information content (AvgIpc) is 2.59. The van der Waals surface area contributed by atoms with E-state index in [9.17, 15) is 22.8 Å². The van der Waals surface area contributed by atoms with Gasteiger partial charge in [-0.2, -0.15) is 13.2 Å². The summed E-state index contributed by atoms with van der Waals surface area (Å²) in [5, 5.41) is 4.56. The number of carbonyl (C=O) groups excluding carboxylic acids is 2. The fraction of sp³-hybridized carbons (Fsp3) is 0.300. The van der Waals surface area contributed by atoms with E-state index in [-0.39, 0.29) is 28.6 Å². The quantitative estimate of drug-likeness (QED) is 0.736. The number of amides is 2. The standard InChI is InChI=1S/C20H20ClF3N2O2/c1-19(2,3)14-7-4-12(5-8-14)17(27)25-11-13-6-9-15(10-16(13)21)26-18(28)20(22,23)24/h4-10H,11H2,1-3H3,(H,25,27)(H,26,28). The van der Waals surface area contributed by atoms with Crippen LogP contribution in [0.4, 0.5) is 18.9 Å². The molecule has 8 heteroatoms. The molecule has 0 heterocycles. The molecule has 0 aliphatic heterocycles. The minimum absolute atomic E-state index is 0.0220. The molecule has 150 valence electrons. The topological polar surface area (TPSA) is 58.2 Å². The molecule has 0 aromatic heterocycles. The summed E-state index contributed by atoms with van der Waals surface area (Å²) in [6, 6.07) is 11.2. The highest BCUT2D eigenvalue weighted by Gasteiger charge is 2.38. The van der Waals surface area contributed by atoms with Gasteiger partial charge in [0.25, 0.3) is 5.91 Å². The van der Waals surface area contributed by atoms with Gasteiger partial charge < -0.3 is 10.6 Å². The SMILES string of the molecule is CC(C)(C)c1ccc(C(=O)NCc2ccc(NC(=O)C(F)(F)F)cc2Cl)cc1. The summed E-state index contributed by atoms with van der Waals surface area (Å²) in [5.74, 6) is -2.38. The monoisotopic (exact) mass is 412 g/mol. The van der Waals surface area contributed by atoms with Crippen molar-refractivity contribution in [1.29, 1.82) is 0 Å². The van der Waals surface area contributed by atoms with Crippen molar-refractivity contribution >= 4 is 29.1 Å². The third-order valence-electron chi connectivity index (χ3n) is 4.02. The van der Waals surface area contributed by atoms with E-state index >= 15 is 0 Å². The van der Waals surface area contributed by atoms with Crippen LogP contribution in [0.1, 0.15) is 42.3 Å². The van der Waals surface area contributed by atoms with E-state index in [2.05, 4.69) is 26.1 Å². The normalized spacial score (nSPS) is 11.8. The number of rotatable bonds is 4. The predicted molar refractivity (Wildman–Crippen MR) is 102 cm³/mol. The van der Waals surface area contributed by atoms with Crippen molar-refractivity contribution in [3.05, 3.63) is 64.2 Å². The predicted octanol–water partition coefficient (Wildman–Crippen LogP) is 5.07. The van der Waals surface area contributed by atoms with Crippen molar-refractivity contribution in [3.63, 3.8) is 0 Å². The molecule has 2 aromatic rings. The molecule has 0 unspecified atom stereocenters. The molecule has 0 spiro atoms. The minimum atomic E-state index is -4.98. The fourth-order valence-corrected chi connectivity index (χ4v) is 2.62. The zero-order valence-corrected chi connectivity index (χ0v) is 16.3. The smallest absolute Gasteiger partial charge is 0.348 e. The zero-order chi connectivity index (χ0) is 21.1. The Kier molecular flexibility index (Phi) is 6.39. The van der Waals surface area contributed by atoms with Gasteiger partial charge in [-0.3, -0.25) is 9.59 Å². The lowest BCUT2D eigenvalue weighted by Crippen LogP contribution is -2.29. The van der Waals surface area contributed by atoms with Crippen LogP contribution in [0.25, 0.3) is 0 Å². The van der Waals surface area contributed by atoms with Gasteiger partial charge in [-0.05, 0) is 40.8 Å². The van der Waals surface area contributed by atoms with Gasteiger partial charge in [0.2, 0.25) is 0 Å². The van der Waals surface area contributed by atoms with Crippen LogP contribution in [0.15, 0.2) is 42.5 Å². The van der Waals surface area contributed by atoms with Gasteiger partial charge in [0, 0.05) is 22.8 Å². The molecule has 2 amide bonds. The largest absolute Gasteiger partial charge is 0.471 e. The number of benzene rings is 2. The van der Waals surface area contributed by atoms with Crippen molar-refractivity contribution in [2.24, 2.45) is 0 Å². The zero-order valence-electron chi connectivity index (χ0n) is 15.6. The first-order valence-corrected chi connectivity index (χ1v) is 8.81. The van der Waals surface area contributed by atoms with E-state index in [1.165, 1.54) is 18.2 Å². The summed E-state index contributed by atoms with van der Waals surface area (Å²) < 4.78 is 36.8. The van der Waals surface area contributed by atoms with E-state index < -0.39 is 12.1 Å². The molecule has 28 heavy (non-hydrogen) atoms. The van der Waals surface area contributed by atoms with E-state index in [4.69, 9.17) is 11.6 Å². The molecular weight excluding hydrogens is 393 g/mol. The summed E-state index contributed by atoms with van der Waals surface area (Å²) in [5.41, 5.74) is 1.99. The summed E-state index contributed by atoms with van der Waals surface area (Å²) in [7, 11) is 0. The van der Waals surface area contributed by atoms with Crippen molar-refractivity contribution < 1.29 is 22.8 Å². The van der Waals surface area contributed by atoms with Gasteiger partial charge in [-0.15, -0.1) is 0 Å². The Morgan fingerprint density at radius 3 is 2.11 bits per heavy atom. The third kappa shape index (κ3) is 5.73. The highest BCUT2D eigenvalue weighted by atomic mass is 35.5. The first kappa shape index (κ1) is 21.8. The highest BCUT2D eigenvalue weighted by molar-refractivity contribution is 6.31. The molecule has 0 bridgehead atoms. The maximum absolute atomic E-state index is 12.3. The maximum Gasteiger partial charge on any atom is 0.471 e. The second-order valence-electron chi connectivity index (χ2n) is 7.27. The maximum atomic E-state index is 12.3. The first-order chi connectivity index (χ1) is 12.9. The number of hydrogen-bond donors (Lipinski definition) is 2. The van der Waals surface area contributed by atoms with E-state index in [1.807, 2.05) is 12.1 Å². The molecule has 0 saturated carbocycles. The molecule has 2 rings (SSSR count). The number of anilines is 1. The first-order valence-electron chi connectivity index (χ1n) is 8.43. The Morgan fingerprint density at radius 2 is 1.61 bits per heavy atom. The summed E-state index contributed by atoms with van der Waals surface area (Å²) in [4.78, 5) is 23.2. The molecule has 0 aliphatic rings. The van der Waals surface area contributed by atoms with Gasteiger partial charge in [-0.25, -0.2) is 0 Å². The third-order valence-corrected chi connectivity index (χ3v) is 4.37. The van der Waals surface area contributed by atoms with E-state index in [0.29, 0.717) is 11.1 Å². The van der Waals surface area contributed by atoms with Gasteiger partial charge in [0.15, 0.2) is 0 Å². The summed E-state index contributed by atoms with van der Waals surface area (Å²) >= 11 is 6.04. The second kappa shape index (κ2) is 8.22. The second-order valence-corrected chi connectivity index (χ2v) is 7.68. The van der Waals surface area contributed by atoms with Gasteiger partial charge in [0.05, 0.1) is 0 Å². The van der Waals surface area contributed by atoms with Crippen LogP contribution < -0.4 is 10.6 Å². The van der Waals surface area contributed by atoms with Crippen molar-refractivity contribution in [2.75, 3.05) is 5.32 Å². The van der Waals surface area contributed by atoms with E-state index in [0.717, 1.165) is 5.56 Å². The summed E-state index contributed by atoms with van der Waals surface area (Å²) in [6.07, 6.45) is -4.98. The van der Waals surface area contributed by atoms with Crippen LogP contribution in [0.5, 0.6) is 0 Å². The Morgan fingerprint density at radius 1 is 1.00 bits per heavy atom. The van der Waals surface area contributed by atoms with Crippen molar-refractivity contribution in [3.8, 4) is 0 Å². The number of halogens is 4. The van der Waals surface area contributed by atoms with Crippen LogP contribution in [0, 0.1) is 0 Å². The molecule has 4 nitrogen and oxygen atoms in total. The number of nitrogens with one attached hydrogen (secondary N) is 2. The van der Waals surface area contributed by atoms with Crippen molar-refractivity contribution in [1.82, 2.24) is 5.32 Å². The molecule has 0 atom stereocenters. The number of hydrogen-bond acceptors (Lipinski definition) is 2. The van der Waals surface area contributed by atoms with Gasteiger partial charge in [0.1, 0.15) is 0 Å². The van der Waals surface area contributed by atoms with E-state index in [1.54, 1.807) is 17.4 Å². The Bertz CT molecular complexity index is 873. The molecule has 0 saturated heterocycles. The molecule has 0 fully saturated rings. The highest BCUT2D eigenvalue weighted by Crippen LogP contribution is 2.24. The van der Waals surface area contributed by atoms with Crippen LogP contribution in [-0.2, 0) is 16.8 Å². The lowest BCUT2D eigenvalue weighted by Gasteiger charge is -2.19. The molecule has 0 radical (unpaired) electrons. The Hall–Kier alpha value is -2.54. The van der Waals surface area contributed by atoms with Crippen LogP contribution in [-0.4, -0.2) is 18.0 Å². The van der Waals surface area contributed by atoms with Gasteiger partial charge in [-0.1, -0.05) is 50.6 Å². The lowest BCUT2D eigenvalue weighted by atomic mass is 9.87. The molecule has 2 N–H and O–H groups in total. The van der Waals surface area contributed by atoms with Gasteiger partial charge >= 0.3 is 12.1 Å². The molecular formula is C20H20ClF3N2O2. The number of alkyl halides is 3.